The molecular weight excluding hydrogens is 249 g/mol. The molecule has 0 aromatic heterocycles. The van der Waals surface area contributed by atoms with Crippen LogP contribution in [0.4, 0.5) is 0 Å². The van der Waals surface area contributed by atoms with Crippen LogP contribution in [0.25, 0.3) is 0 Å². The van der Waals surface area contributed by atoms with Crippen molar-refractivity contribution in [2.45, 2.75) is 60.3 Å². The van der Waals surface area contributed by atoms with Gasteiger partial charge in [-0.25, -0.2) is 0 Å². The van der Waals surface area contributed by atoms with Crippen LogP contribution in [0.3, 0.4) is 0 Å². The summed E-state index contributed by atoms with van der Waals surface area (Å²) in [5, 5.41) is 4.60. The Morgan fingerprint density at radius 2 is 1.84 bits per heavy atom. The minimum absolute atomic E-state index is 0.311. The van der Waals surface area contributed by atoms with Gasteiger partial charge in [-0.15, -0.1) is 9.24 Å². The van der Waals surface area contributed by atoms with E-state index in [0.717, 1.165) is 24.2 Å². The van der Waals surface area contributed by atoms with Gasteiger partial charge in [-0.05, 0) is 24.2 Å². The molecule has 0 bridgehead atoms. The molecule has 3 unspecified atom stereocenters. The van der Waals surface area contributed by atoms with Gasteiger partial charge in [0.1, 0.15) is 0 Å². The van der Waals surface area contributed by atoms with E-state index in [1.165, 1.54) is 25.0 Å². The minimum Gasteiger partial charge on any atom is -0.388 e. The summed E-state index contributed by atoms with van der Waals surface area (Å²) in [5.41, 5.74) is 1.48. The summed E-state index contributed by atoms with van der Waals surface area (Å²) in [7, 11) is 2.66. The van der Waals surface area contributed by atoms with Gasteiger partial charge in [0.25, 0.3) is 0 Å². The molecule has 112 valence electrons. The fourth-order valence-corrected chi connectivity index (χ4v) is 2.19. The summed E-state index contributed by atoms with van der Waals surface area (Å²) >= 11 is 0. The normalized spacial score (nSPS) is 14.8. The Bertz CT molecular complexity index is 294. The summed E-state index contributed by atoms with van der Waals surface area (Å²) in [6.07, 6.45) is 4.84. The fourth-order valence-electron chi connectivity index (χ4n) is 2.05. The van der Waals surface area contributed by atoms with Gasteiger partial charge in [0.05, 0.1) is 0 Å². The summed E-state index contributed by atoms with van der Waals surface area (Å²) in [4.78, 5) is 0. The number of hydrogen-bond acceptors (Lipinski definition) is 1. The van der Waals surface area contributed by atoms with Crippen molar-refractivity contribution in [3.8, 4) is 0 Å². The Kier molecular flexibility index (Phi) is 8.66. The highest BCUT2D eigenvalue weighted by atomic mass is 31.0. The molecule has 19 heavy (non-hydrogen) atoms. The average Bonchev–Trinajstić information content (AvgIpc) is 2.34. The highest BCUT2D eigenvalue weighted by Crippen LogP contribution is 2.36. The first-order valence-electron chi connectivity index (χ1n) is 7.56. The molecule has 3 atom stereocenters. The van der Waals surface area contributed by atoms with E-state index in [0.29, 0.717) is 11.3 Å². The van der Waals surface area contributed by atoms with Crippen molar-refractivity contribution in [1.82, 2.24) is 5.32 Å². The minimum atomic E-state index is 0.311. The van der Waals surface area contributed by atoms with E-state index in [4.69, 9.17) is 0 Å². The van der Waals surface area contributed by atoms with E-state index in [-0.39, 0.29) is 0 Å². The number of hydrogen-bond donors (Lipinski definition) is 1. The molecule has 0 aliphatic carbocycles. The third-order valence-corrected chi connectivity index (χ3v) is 4.76. The zero-order chi connectivity index (χ0) is 15.1. The number of nitrogens with one attached hydrogen (secondary N) is 1. The van der Waals surface area contributed by atoms with Gasteiger partial charge in [-0.1, -0.05) is 65.9 Å². The molecule has 0 radical (unpaired) electrons. The lowest BCUT2D eigenvalue weighted by molar-refractivity contribution is 0.215. The lowest BCUT2D eigenvalue weighted by atomic mass is 9.73. The number of allylic oxidation sites excluding steroid dienone is 1. The fraction of sp³-hybridized carbons (Fsp3) is 0.765. The van der Waals surface area contributed by atoms with Crippen LogP contribution in [0.15, 0.2) is 24.2 Å². The molecule has 0 aliphatic heterocycles. The van der Waals surface area contributed by atoms with Crippen LogP contribution in [0.1, 0.15) is 60.3 Å². The Labute approximate surface area is 123 Å². The summed E-state index contributed by atoms with van der Waals surface area (Å²) in [6.45, 7) is 20.7. The van der Waals surface area contributed by atoms with Gasteiger partial charge in [0, 0.05) is 18.2 Å². The maximum atomic E-state index is 4.22. The highest BCUT2D eigenvalue weighted by molar-refractivity contribution is 7.22. The van der Waals surface area contributed by atoms with E-state index in [2.05, 4.69) is 62.3 Å². The molecule has 0 aromatic rings. The summed E-state index contributed by atoms with van der Waals surface area (Å²) < 4.78 is 0. The standard InChI is InChI=1S/C17H34NP/c1-8-13(2)9-11-17(6,7)15(4)16(5)18-12-10-14(3)19/h13,15,18H,3,5,8-12,19H2,1-2,4,6-7H3. The molecule has 0 aliphatic rings. The maximum absolute atomic E-state index is 4.22. The second-order valence-electron chi connectivity index (χ2n) is 6.62. The molecule has 0 spiro atoms. The smallest absolute Gasteiger partial charge is 0.0184 e. The van der Waals surface area contributed by atoms with Crippen molar-refractivity contribution in [3.63, 3.8) is 0 Å². The molecule has 0 fully saturated rings. The van der Waals surface area contributed by atoms with Crippen LogP contribution in [-0.2, 0) is 0 Å². The van der Waals surface area contributed by atoms with Crippen molar-refractivity contribution >= 4 is 9.24 Å². The molecule has 0 saturated carbocycles. The predicted octanol–water partition coefficient (Wildman–Crippen LogP) is 5.36. The second-order valence-corrected chi connectivity index (χ2v) is 7.44. The molecule has 0 amide bonds. The van der Waals surface area contributed by atoms with Crippen LogP contribution in [0.5, 0.6) is 0 Å². The highest BCUT2D eigenvalue weighted by Gasteiger charge is 2.27. The number of rotatable bonds is 10. The summed E-state index contributed by atoms with van der Waals surface area (Å²) in [6, 6.07) is 0. The van der Waals surface area contributed by atoms with Crippen LogP contribution in [-0.4, -0.2) is 6.54 Å². The molecule has 1 N–H and O–H groups in total. The van der Waals surface area contributed by atoms with Crippen LogP contribution < -0.4 is 5.32 Å². The molecule has 0 heterocycles. The molecule has 0 saturated heterocycles. The lowest BCUT2D eigenvalue weighted by Crippen LogP contribution is -2.30. The Morgan fingerprint density at radius 1 is 1.26 bits per heavy atom. The van der Waals surface area contributed by atoms with Crippen molar-refractivity contribution in [3.05, 3.63) is 24.2 Å². The predicted molar refractivity (Wildman–Crippen MR) is 92.2 cm³/mol. The quantitative estimate of drug-likeness (QED) is 0.532. The van der Waals surface area contributed by atoms with E-state index in [1.807, 2.05) is 0 Å². The van der Waals surface area contributed by atoms with Crippen molar-refractivity contribution < 1.29 is 0 Å². The monoisotopic (exact) mass is 283 g/mol. The Hall–Kier alpha value is -0.290. The van der Waals surface area contributed by atoms with Gasteiger partial charge in [0.2, 0.25) is 0 Å². The first kappa shape index (κ1) is 18.7. The van der Waals surface area contributed by atoms with Gasteiger partial charge in [-0.2, -0.15) is 0 Å². The zero-order valence-corrected chi connectivity index (χ0v) is 14.8. The Morgan fingerprint density at radius 3 is 2.32 bits per heavy atom. The van der Waals surface area contributed by atoms with E-state index < -0.39 is 0 Å². The molecule has 0 rings (SSSR count). The third kappa shape index (κ3) is 7.78. The molecule has 2 heteroatoms. The zero-order valence-electron chi connectivity index (χ0n) is 13.7. The topological polar surface area (TPSA) is 12.0 Å². The van der Waals surface area contributed by atoms with Crippen LogP contribution >= 0.6 is 9.24 Å². The van der Waals surface area contributed by atoms with Gasteiger partial charge < -0.3 is 5.32 Å². The molecule has 0 aromatic carbocycles. The summed E-state index contributed by atoms with van der Waals surface area (Å²) in [5.74, 6) is 1.32. The first-order chi connectivity index (χ1) is 8.70. The van der Waals surface area contributed by atoms with Crippen molar-refractivity contribution in [2.24, 2.45) is 17.3 Å². The lowest BCUT2D eigenvalue weighted by Gasteiger charge is -2.34. The van der Waals surface area contributed by atoms with Crippen molar-refractivity contribution in [1.29, 1.82) is 0 Å². The average molecular weight is 283 g/mol. The second kappa shape index (κ2) is 8.80. The van der Waals surface area contributed by atoms with Gasteiger partial charge >= 0.3 is 0 Å². The third-order valence-electron chi connectivity index (χ3n) is 4.47. The van der Waals surface area contributed by atoms with Gasteiger partial charge in [-0.3, -0.25) is 0 Å². The molecular formula is C17H34NP. The Balaban J connectivity index is 4.23. The van der Waals surface area contributed by atoms with Crippen molar-refractivity contribution in [2.75, 3.05) is 6.54 Å². The van der Waals surface area contributed by atoms with Crippen LogP contribution in [0.2, 0.25) is 0 Å². The van der Waals surface area contributed by atoms with Crippen LogP contribution in [0, 0.1) is 17.3 Å². The van der Waals surface area contributed by atoms with E-state index in [9.17, 15) is 0 Å². The van der Waals surface area contributed by atoms with Gasteiger partial charge in [0.15, 0.2) is 0 Å². The largest absolute Gasteiger partial charge is 0.388 e. The van der Waals surface area contributed by atoms with E-state index in [1.54, 1.807) is 0 Å². The van der Waals surface area contributed by atoms with E-state index >= 15 is 0 Å². The maximum Gasteiger partial charge on any atom is 0.0184 e. The SMILES string of the molecule is C=C(P)CCNC(=C)C(C)C(C)(C)CCC(C)CC. The molecule has 1 nitrogen and oxygen atoms in total. The first-order valence-corrected chi connectivity index (χ1v) is 8.14.